The molecule has 6 nitrogen and oxygen atoms in total. The van der Waals surface area contributed by atoms with Crippen LogP contribution in [0.3, 0.4) is 0 Å². The minimum Gasteiger partial charge on any atom is -0.446 e. The molecular formula is C19H27N3O3S. The molecule has 0 bridgehead atoms. The van der Waals surface area contributed by atoms with E-state index in [-0.39, 0.29) is 10.4 Å². The Balaban J connectivity index is 1.72. The van der Waals surface area contributed by atoms with Crippen LogP contribution in [0.15, 0.2) is 33.6 Å². The van der Waals surface area contributed by atoms with Gasteiger partial charge >= 0.3 is 0 Å². The third-order valence-electron chi connectivity index (χ3n) is 5.00. The van der Waals surface area contributed by atoms with Crippen molar-refractivity contribution in [1.29, 1.82) is 0 Å². The van der Waals surface area contributed by atoms with Crippen LogP contribution < -0.4 is 4.72 Å². The highest BCUT2D eigenvalue weighted by Crippen LogP contribution is 2.25. The van der Waals surface area contributed by atoms with Crippen LogP contribution in [0.1, 0.15) is 38.3 Å². The van der Waals surface area contributed by atoms with E-state index in [2.05, 4.69) is 28.5 Å². The lowest BCUT2D eigenvalue weighted by molar-refractivity contribution is 0.158. The third-order valence-corrected chi connectivity index (χ3v) is 6.42. The predicted molar refractivity (Wildman–Crippen MR) is 101 cm³/mol. The van der Waals surface area contributed by atoms with Crippen molar-refractivity contribution in [3.8, 4) is 11.3 Å². The average Bonchev–Trinajstić information content (AvgIpc) is 3.24. The Morgan fingerprint density at radius 3 is 2.31 bits per heavy atom. The van der Waals surface area contributed by atoms with Gasteiger partial charge in [0.25, 0.3) is 0 Å². The quantitative estimate of drug-likeness (QED) is 0.837. The summed E-state index contributed by atoms with van der Waals surface area (Å²) in [5.41, 5.74) is 1.39. The van der Waals surface area contributed by atoms with Crippen LogP contribution >= 0.6 is 0 Å². The Hall–Kier alpha value is -1.70. The molecule has 0 unspecified atom stereocenters. The van der Waals surface area contributed by atoms with Crippen LogP contribution in [-0.2, 0) is 10.0 Å². The Kier molecular flexibility index (Phi) is 5.23. The largest absolute Gasteiger partial charge is 0.446 e. The van der Waals surface area contributed by atoms with Gasteiger partial charge in [0.1, 0.15) is 11.5 Å². The fourth-order valence-electron chi connectivity index (χ4n) is 3.38. The highest BCUT2D eigenvalue weighted by atomic mass is 32.2. The van der Waals surface area contributed by atoms with E-state index >= 15 is 0 Å². The van der Waals surface area contributed by atoms with Gasteiger partial charge in [-0.15, -0.1) is 0 Å². The molecule has 2 heterocycles. The minimum absolute atomic E-state index is 0.196. The molecule has 0 amide bonds. The molecule has 0 aliphatic carbocycles. The zero-order valence-electron chi connectivity index (χ0n) is 15.9. The van der Waals surface area contributed by atoms with Crippen molar-refractivity contribution in [2.45, 2.75) is 51.0 Å². The molecule has 1 aliphatic heterocycles. The number of nitrogens with one attached hydrogen (secondary N) is 1. The van der Waals surface area contributed by atoms with Gasteiger partial charge < -0.3 is 4.42 Å². The lowest BCUT2D eigenvalue weighted by atomic mass is 10.0. The maximum atomic E-state index is 12.6. The first-order chi connectivity index (χ1) is 12.2. The van der Waals surface area contributed by atoms with Crippen molar-refractivity contribution in [2.75, 3.05) is 19.6 Å². The van der Waals surface area contributed by atoms with Crippen molar-refractivity contribution in [3.05, 3.63) is 35.9 Å². The van der Waals surface area contributed by atoms with Crippen molar-refractivity contribution < 1.29 is 12.8 Å². The summed E-state index contributed by atoms with van der Waals surface area (Å²) in [4.78, 5) is 6.95. The number of rotatable bonds is 6. The first kappa shape index (κ1) is 19.1. The molecule has 0 spiro atoms. The minimum atomic E-state index is -3.55. The van der Waals surface area contributed by atoms with E-state index in [9.17, 15) is 8.42 Å². The zero-order valence-corrected chi connectivity index (χ0v) is 16.7. The smallest absolute Gasteiger partial charge is 0.240 e. The van der Waals surface area contributed by atoms with Crippen molar-refractivity contribution >= 4 is 10.0 Å². The molecule has 1 aromatic carbocycles. The number of hydrogen-bond acceptors (Lipinski definition) is 5. The number of aromatic nitrogens is 1. The van der Waals surface area contributed by atoms with E-state index in [0.29, 0.717) is 12.4 Å². The molecule has 1 aromatic heterocycles. The number of aryl methyl sites for hydroxylation is 2. The molecular weight excluding hydrogens is 350 g/mol. The summed E-state index contributed by atoms with van der Waals surface area (Å²) < 4.78 is 33.5. The van der Waals surface area contributed by atoms with Crippen LogP contribution in [0.25, 0.3) is 11.3 Å². The number of likely N-dealkylation sites (tertiary alicyclic amines) is 1. The van der Waals surface area contributed by atoms with Gasteiger partial charge in [0, 0.05) is 24.6 Å². The van der Waals surface area contributed by atoms with Gasteiger partial charge in [-0.2, -0.15) is 0 Å². The molecule has 26 heavy (non-hydrogen) atoms. The molecule has 3 rings (SSSR count). The van der Waals surface area contributed by atoms with E-state index in [1.165, 1.54) is 12.8 Å². The van der Waals surface area contributed by atoms with Gasteiger partial charge in [0.2, 0.25) is 10.0 Å². The number of hydrogen-bond donors (Lipinski definition) is 1. The van der Waals surface area contributed by atoms with Crippen LogP contribution in [-0.4, -0.2) is 43.5 Å². The van der Waals surface area contributed by atoms with Crippen molar-refractivity contribution in [3.63, 3.8) is 0 Å². The number of benzene rings is 1. The third kappa shape index (κ3) is 4.00. The average molecular weight is 378 g/mol. The fraction of sp³-hybridized carbons (Fsp3) is 0.526. The number of nitrogens with zero attached hydrogens (tertiary/aromatic N) is 2. The normalized spacial score (nSPS) is 16.3. The SMILES string of the molecule is Cc1nc(-c2ccc(S(=O)(=O)NCC(C)(C)N3CCCC3)cc2)c(C)o1. The van der Waals surface area contributed by atoms with Gasteiger partial charge in [-0.3, -0.25) is 4.90 Å². The summed E-state index contributed by atoms with van der Waals surface area (Å²) in [6.45, 7) is 10.3. The van der Waals surface area contributed by atoms with Crippen molar-refractivity contribution in [2.24, 2.45) is 0 Å². The van der Waals surface area contributed by atoms with E-state index in [1.54, 1.807) is 31.2 Å². The molecule has 1 saturated heterocycles. The second-order valence-corrected chi connectivity index (χ2v) is 9.26. The summed E-state index contributed by atoms with van der Waals surface area (Å²) in [7, 11) is -3.55. The standard InChI is InChI=1S/C19H27N3O3S/c1-14-18(21-15(2)25-14)16-7-9-17(10-8-16)26(23,24)20-13-19(3,4)22-11-5-6-12-22/h7-10,20H,5-6,11-13H2,1-4H3. The van der Waals surface area contributed by atoms with Crippen LogP contribution in [0.4, 0.5) is 0 Å². The van der Waals surface area contributed by atoms with E-state index in [4.69, 9.17) is 4.42 Å². The Morgan fingerprint density at radius 2 is 1.77 bits per heavy atom. The Morgan fingerprint density at radius 1 is 1.15 bits per heavy atom. The molecule has 2 aromatic rings. The number of oxazole rings is 1. The summed E-state index contributed by atoms with van der Waals surface area (Å²) >= 11 is 0. The first-order valence-electron chi connectivity index (χ1n) is 8.98. The van der Waals surface area contributed by atoms with E-state index < -0.39 is 10.0 Å². The van der Waals surface area contributed by atoms with Crippen molar-refractivity contribution in [1.82, 2.24) is 14.6 Å². The summed E-state index contributed by atoms with van der Waals surface area (Å²) in [6.07, 6.45) is 2.36. The topological polar surface area (TPSA) is 75.4 Å². The van der Waals surface area contributed by atoms with Crippen LogP contribution in [0, 0.1) is 13.8 Å². The molecule has 0 atom stereocenters. The highest BCUT2D eigenvalue weighted by molar-refractivity contribution is 7.89. The van der Waals surface area contributed by atoms with Gasteiger partial charge in [-0.05, 0) is 58.8 Å². The maximum absolute atomic E-state index is 12.6. The maximum Gasteiger partial charge on any atom is 0.240 e. The lowest BCUT2D eigenvalue weighted by Crippen LogP contribution is -2.50. The first-order valence-corrected chi connectivity index (χ1v) is 10.5. The van der Waals surface area contributed by atoms with E-state index in [0.717, 1.165) is 30.1 Å². The molecule has 7 heteroatoms. The summed E-state index contributed by atoms with van der Waals surface area (Å²) in [6, 6.07) is 6.77. The Bertz CT molecular complexity index is 864. The van der Waals surface area contributed by atoms with Crippen LogP contribution in [0.2, 0.25) is 0 Å². The summed E-state index contributed by atoms with van der Waals surface area (Å²) in [5, 5.41) is 0. The monoisotopic (exact) mass is 377 g/mol. The predicted octanol–water partition coefficient (Wildman–Crippen LogP) is 3.11. The zero-order chi connectivity index (χ0) is 18.9. The lowest BCUT2D eigenvalue weighted by Gasteiger charge is -2.35. The fourth-order valence-corrected chi connectivity index (χ4v) is 4.58. The molecule has 1 fully saturated rings. The van der Waals surface area contributed by atoms with Crippen LogP contribution in [0.5, 0.6) is 0 Å². The van der Waals surface area contributed by atoms with E-state index in [1.807, 2.05) is 6.92 Å². The number of sulfonamides is 1. The second-order valence-electron chi connectivity index (χ2n) is 7.49. The molecule has 1 N–H and O–H groups in total. The highest BCUT2D eigenvalue weighted by Gasteiger charge is 2.30. The van der Waals surface area contributed by atoms with Gasteiger partial charge in [0.05, 0.1) is 4.90 Å². The summed E-state index contributed by atoms with van der Waals surface area (Å²) in [5.74, 6) is 1.32. The molecule has 142 valence electrons. The Labute approximate surface area is 155 Å². The van der Waals surface area contributed by atoms with Gasteiger partial charge in [0.15, 0.2) is 5.89 Å². The molecule has 0 radical (unpaired) electrons. The van der Waals surface area contributed by atoms with Gasteiger partial charge in [-0.1, -0.05) is 12.1 Å². The van der Waals surface area contributed by atoms with Gasteiger partial charge in [-0.25, -0.2) is 18.1 Å². The molecule has 1 aliphatic rings. The molecule has 0 saturated carbocycles. The second kappa shape index (κ2) is 7.13.